The Balaban J connectivity index is 3.91. The van der Waals surface area contributed by atoms with Crippen LogP contribution in [0.25, 0.3) is 0 Å². The highest BCUT2D eigenvalue weighted by Gasteiger charge is 2.15. The van der Waals surface area contributed by atoms with Gasteiger partial charge in [0.1, 0.15) is 0 Å². The number of rotatable bonds is 8. The van der Waals surface area contributed by atoms with Gasteiger partial charge in [-0.15, -0.1) is 0 Å². The van der Waals surface area contributed by atoms with E-state index in [1.54, 1.807) is 25.5 Å². The van der Waals surface area contributed by atoms with E-state index < -0.39 is 28.4 Å². The molecule has 0 unspecified atom stereocenters. The number of ether oxygens (including phenoxy) is 2. The topological polar surface area (TPSA) is 111 Å². The number of nitrogens with one attached hydrogen (secondary N) is 2. The summed E-state index contributed by atoms with van der Waals surface area (Å²) in [6, 6.07) is 0. The third-order valence-corrected chi connectivity index (χ3v) is 2.74. The first kappa shape index (κ1) is 17.6. The van der Waals surface area contributed by atoms with Crippen LogP contribution >= 0.6 is 0 Å². The van der Waals surface area contributed by atoms with Crippen molar-refractivity contribution in [2.45, 2.75) is 39.7 Å². The number of esters is 1. The van der Waals surface area contributed by atoms with Gasteiger partial charge in [-0.2, -0.15) is 13.1 Å². The summed E-state index contributed by atoms with van der Waals surface area (Å²) in [5.74, 6) is -0.395. The van der Waals surface area contributed by atoms with E-state index in [4.69, 9.17) is 0 Å². The number of hydrogen-bond acceptors (Lipinski definition) is 6. The first-order chi connectivity index (χ1) is 8.76. The molecule has 0 bridgehead atoms. The van der Waals surface area contributed by atoms with Crippen LogP contribution in [0.15, 0.2) is 0 Å². The molecule has 8 nitrogen and oxygen atoms in total. The molecule has 0 fully saturated rings. The summed E-state index contributed by atoms with van der Waals surface area (Å²) in [5.41, 5.74) is 0. The van der Waals surface area contributed by atoms with E-state index in [1.807, 2.05) is 0 Å². The molecule has 0 aliphatic heterocycles. The second-order valence-electron chi connectivity index (χ2n) is 3.86. The lowest BCUT2D eigenvalue weighted by molar-refractivity contribution is -0.143. The summed E-state index contributed by atoms with van der Waals surface area (Å²) >= 11 is 0. The van der Waals surface area contributed by atoms with E-state index in [-0.39, 0.29) is 26.0 Å². The SMILES string of the molecule is CCOC(=O)CCCNS(=O)(=O)NC(=O)OC(C)C. The highest BCUT2D eigenvalue weighted by Crippen LogP contribution is 1.93. The van der Waals surface area contributed by atoms with Crippen LogP contribution in [0, 0.1) is 0 Å². The molecule has 0 radical (unpaired) electrons. The Morgan fingerprint density at radius 2 is 1.89 bits per heavy atom. The maximum absolute atomic E-state index is 11.4. The molecule has 0 atom stereocenters. The van der Waals surface area contributed by atoms with Crippen molar-refractivity contribution in [3.05, 3.63) is 0 Å². The molecule has 0 aliphatic carbocycles. The van der Waals surface area contributed by atoms with Gasteiger partial charge in [0.05, 0.1) is 12.7 Å². The maximum atomic E-state index is 11.4. The molecule has 2 N–H and O–H groups in total. The van der Waals surface area contributed by atoms with Gasteiger partial charge in [0.2, 0.25) is 0 Å². The summed E-state index contributed by atoms with van der Waals surface area (Å²) in [5, 5.41) is 0. The average Bonchev–Trinajstić information content (AvgIpc) is 2.22. The predicted octanol–water partition coefficient (Wildman–Crippen LogP) is 0.299. The fraction of sp³-hybridized carbons (Fsp3) is 0.800. The van der Waals surface area contributed by atoms with Crippen LogP contribution in [-0.4, -0.2) is 39.7 Å². The quantitative estimate of drug-likeness (QED) is 0.492. The van der Waals surface area contributed by atoms with Crippen LogP contribution in [0.5, 0.6) is 0 Å². The Kier molecular flexibility index (Phi) is 8.08. The third kappa shape index (κ3) is 10.3. The molecule has 0 aliphatic rings. The molecular weight excluding hydrogens is 276 g/mol. The first-order valence-corrected chi connectivity index (χ1v) is 7.38. The first-order valence-electron chi connectivity index (χ1n) is 5.90. The molecule has 0 aromatic carbocycles. The number of hydrogen-bond donors (Lipinski definition) is 2. The van der Waals surface area contributed by atoms with Gasteiger partial charge >= 0.3 is 22.3 Å². The normalized spacial score (nSPS) is 11.2. The summed E-state index contributed by atoms with van der Waals surface area (Å²) < 4.78 is 35.8. The van der Waals surface area contributed by atoms with Crippen LogP contribution in [0.4, 0.5) is 4.79 Å². The smallest absolute Gasteiger partial charge is 0.422 e. The zero-order valence-corrected chi connectivity index (χ0v) is 12.1. The highest BCUT2D eigenvalue weighted by atomic mass is 32.2. The van der Waals surface area contributed by atoms with Gasteiger partial charge in [0.15, 0.2) is 0 Å². The fourth-order valence-electron chi connectivity index (χ4n) is 1.06. The van der Waals surface area contributed by atoms with Crippen LogP contribution in [0.3, 0.4) is 0 Å². The molecular formula is C10H20N2O6S. The minimum absolute atomic E-state index is 0.0170. The summed E-state index contributed by atoms with van der Waals surface area (Å²) in [4.78, 5) is 22.0. The second-order valence-corrected chi connectivity index (χ2v) is 5.36. The van der Waals surface area contributed by atoms with Gasteiger partial charge in [-0.05, 0) is 27.2 Å². The van der Waals surface area contributed by atoms with Gasteiger partial charge in [0.25, 0.3) is 0 Å². The lowest BCUT2D eigenvalue weighted by Gasteiger charge is -2.10. The van der Waals surface area contributed by atoms with Crippen molar-refractivity contribution >= 4 is 22.3 Å². The van der Waals surface area contributed by atoms with Crippen molar-refractivity contribution in [3.63, 3.8) is 0 Å². The highest BCUT2D eigenvalue weighted by molar-refractivity contribution is 7.88. The van der Waals surface area contributed by atoms with Crippen LogP contribution in [0.2, 0.25) is 0 Å². The summed E-state index contributed by atoms with van der Waals surface area (Å²) in [7, 11) is -3.96. The molecule has 0 spiro atoms. The molecule has 9 heteroatoms. The van der Waals surface area contributed by atoms with Gasteiger partial charge in [0, 0.05) is 13.0 Å². The average molecular weight is 296 g/mol. The fourth-order valence-corrected chi connectivity index (χ4v) is 1.81. The van der Waals surface area contributed by atoms with Gasteiger partial charge in [-0.1, -0.05) is 0 Å². The number of carbonyl (C=O) groups excluding carboxylic acids is 2. The zero-order valence-electron chi connectivity index (χ0n) is 11.3. The molecule has 0 heterocycles. The number of carbonyl (C=O) groups is 2. The Hall–Kier alpha value is -1.35. The van der Waals surface area contributed by atoms with Crippen molar-refractivity contribution in [2.75, 3.05) is 13.2 Å². The van der Waals surface area contributed by atoms with E-state index in [0.29, 0.717) is 0 Å². The van der Waals surface area contributed by atoms with Gasteiger partial charge < -0.3 is 9.47 Å². The monoisotopic (exact) mass is 296 g/mol. The zero-order chi connectivity index (χ0) is 14.9. The van der Waals surface area contributed by atoms with Gasteiger partial charge in [-0.25, -0.2) is 9.52 Å². The molecule has 0 rings (SSSR count). The van der Waals surface area contributed by atoms with Crippen molar-refractivity contribution in [1.29, 1.82) is 0 Å². The molecule has 0 aromatic heterocycles. The largest absolute Gasteiger partial charge is 0.466 e. The van der Waals surface area contributed by atoms with Crippen LogP contribution in [0.1, 0.15) is 33.6 Å². The van der Waals surface area contributed by atoms with E-state index in [0.717, 1.165) is 0 Å². The summed E-state index contributed by atoms with van der Waals surface area (Å²) in [6.45, 7) is 5.18. The van der Waals surface area contributed by atoms with Crippen LogP contribution < -0.4 is 9.44 Å². The Morgan fingerprint density at radius 3 is 2.42 bits per heavy atom. The molecule has 0 aromatic rings. The van der Waals surface area contributed by atoms with Gasteiger partial charge in [-0.3, -0.25) is 4.79 Å². The minimum atomic E-state index is -3.96. The molecule has 0 saturated carbocycles. The Morgan fingerprint density at radius 1 is 1.26 bits per heavy atom. The standard InChI is InChI=1S/C10H20N2O6S/c1-4-17-9(13)6-5-7-11-19(15,16)12-10(14)18-8(2)3/h8,11H,4-7H2,1-3H3,(H,12,14). The van der Waals surface area contributed by atoms with E-state index in [9.17, 15) is 18.0 Å². The summed E-state index contributed by atoms with van der Waals surface area (Å²) in [6.07, 6.45) is -1.09. The minimum Gasteiger partial charge on any atom is -0.466 e. The van der Waals surface area contributed by atoms with Crippen molar-refractivity contribution in [1.82, 2.24) is 9.44 Å². The number of amides is 1. The second kappa shape index (κ2) is 8.70. The van der Waals surface area contributed by atoms with Crippen molar-refractivity contribution < 1.29 is 27.5 Å². The van der Waals surface area contributed by atoms with E-state index in [1.165, 1.54) is 0 Å². The lowest BCUT2D eigenvalue weighted by atomic mass is 10.3. The lowest BCUT2D eigenvalue weighted by Crippen LogP contribution is -2.41. The molecule has 112 valence electrons. The maximum Gasteiger partial charge on any atom is 0.422 e. The molecule has 19 heavy (non-hydrogen) atoms. The van der Waals surface area contributed by atoms with Crippen LogP contribution in [-0.2, 0) is 24.5 Å². The Labute approximate surface area is 113 Å². The van der Waals surface area contributed by atoms with E-state index in [2.05, 4.69) is 14.2 Å². The Bertz CT molecular complexity index is 393. The van der Waals surface area contributed by atoms with Crippen molar-refractivity contribution in [3.8, 4) is 0 Å². The van der Waals surface area contributed by atoms with E-state index >= 15 is 0 Å². The molecule has 1 amide bonds. The van der Waals surface area contributed by atoms with Crippen molar-refractivity contribution in [2.24, 2.45) is 0 Å². The molecule has 0 saturated heterocycles. The predicted molar refractivity (Wildman–Crippen MR) is 67.5 cm³/mol. The third-order valence-electron chi connectivity index (χ3n) is 1.72.